The summed E-state index contributed by atoms with van der Waals surface area (Å²) in [5, 5.41) is 2.98. The van der Waals surface area contributed by atoms with Crippen molar-refractivity contribution in [2.45, 2.75) is 39.2 Å². The van der Waals surface area contributed by atoms with Gasteiger partial charge >= 0.3 is 5.97 Å². The zero-order chi connectivity index (χ0) is 19.8. The van der Waals surface area contributed by atoms with Crippen LogP contribution in [0.25, 0.3) is 6.08 Å². The average molecular weight is 375 g/mol. The summed E-state index contributed by atoms with van der Waals surface area (Å²) in [6.07, 6.45) is 6.15. The van der Waals surface area contributed by atoms with Gasteiger partial charge in [0, 0.05) is 23.7 Å². The van der Waals surface area contributed by atoms with Crippen LogP contribution in [0.5, 0.6) is 11.5 Å². The lowest BCUT2D eigenvalue weighted by Crippen LogP contribution is -2.45. The summed E-state index contributed by atoms with van der Waals surface area (Å²) in [5.41, 5.74) is 0.713. The Morgan fingerprint density at radius 1 is 1.19 bits per heavy atom. The van der Waals surface area contributed by atoms with Crippen molar-refractivity contribution in [1.29, 1.82) is 0 Å². The Hall–Kier alpha value is -2.50. The van der Waals surface area contributed by atoms with E-state index in [2.05, 4.69) is 19.2 Å². The molecule has 0 radical (unpaired) electrons. The number of rotatable bonds is 7. The number of nitrogens with one attached hydrogen (secondary N) is 1. The fourth-order valence-corrected chi connectivity index (χ4v) is 3.33. The van der Waals surface area contributed by atoms with Crippen LogP contribution in [0.2, 0.25) is 0 Å². The molecule has 0 bridgehead atoms. The van der Waals surface area contributed by atoms with Gasteiger partial charge in [-0.1, -0.05) is 26.7 Å². The van der Waals surface area contributed by atoms with Crippen LogP contribution in [0, 0.1) is 11.8 Å². The fourth-order valence-electron chi connectivity index (χ4n) is 3.33. The molecular formula is C21H29NO5. The van der Waals surface area contributed by atoms with Crippen molar-refractivity contribution in [1.82, 2.24) is 5.32 Å². The molecule has 1 aromatic carbocycles. The molecule has 1 aliphatic carbocycles. The van der Waals surface area contributed by atoms with E-state index in [4.69, 9.17) is 14.2 Å². The van der Waals surface area contributed by atoms with Crippen molar-refractivity contribution in [2.75, 3.05) is 20.8 Å². The van der Waals surface area contributed by atoms with Gasteiger partial charge in [-0.05, 0) is 36.5 Å². The lowest BCUT2D eigenvalue weighted by atomic mass is 9.78. The molecule has 1 saturated carbocycles. The largest absolute Gasteiger partial charge is 0.497 e. The van der Waals surface area contributed by atoms with Crippen LogP contribution in [0.1, 0.15) is 38.7 Å². The lowest BCUT2D eigenvalue weighted by molar-refractivity contribution is -0.144. The molecule has 1 aliphatic rings. The van der Waals surface area contributed by atoms with Gasteiger partial charge in [0.25, 0.3) is 5.91 Å². The molecule has 27 heavy (non-hydrogen) atoms. The first kappa shape index (κ1) is 20.8. The van der Waals surface area contributed by atoms with Crippen LogP contribution in [0.3, 0.4) is 0 Å². The molecule has 0 spiro atoms. The molecule has 3 atom stereocenters. The number of esters is 1. The van der Waals surface area contributed by atoms with Gasteiger partial charge in [-0.3, -0.25) is 4.79 Å². The first-order valence-electron chi connectivity index (χ1n) is 9.30. The normalized spacial score (nSPS) is 22.3. The standard InChI is InChI=1S/C21H29NO5/c1-14-6-5-7-18(15(14)2)22-20(23)13-27-21(24)11-9-16-8-10-17(25-3)12-19(16)26-4/h8-12,14-15,18H,5-7,13H2,1-4H3,(H,22,23)/b11-9+/t14-,15+,18-/m0/s1. The number of hydrogen-bond donors (Lipinski definition) is 1. The van der Waals surface area contributed by atoms with Crippen LogP contribution in [0.4, 0.5) is 0 Å². The van der Waals surface area contributed by atoms with Crippen molar-refractivity contribution in [3.8, 4) is 11.5 Å². The minimum atomic E-state index is -0.576. The second-order valence-electron chi connectivity index (χ2n) is 6.99. The van der Waals surface area contributed by atoms with Gasteiger partial charge in [-0.15, -0.1) is 0 Å². The highest BCUT2D eigenvalue weighted by molar-refractivity contribution is 5.89. The Labute approximate surface area is 160 Å². The molecule has 0 aliphatic heterocycles. The molecule has 0 heterocycles. The Morgan fingerprint density at radius 2 is 1.96 bits per heavy atom. The molecule has 6 heteroatoms. The molecule has 0 unspecified atom stereocenters. The molecule has 1 N–H and O–H groups in total. The van der Waals surface area contributed by atoms with E-state index in [9.17, 15) is 9.59 Å². The van der Waals surface area contributed by atoms with Gasteiger partial charge in [0.2, 0.25) is 0 Å². The monoisotopic (exact) mass is 375 g/mol. The number of hydrogen-bond acceptors (Lipinski definition) is 5. The fraction of sp³-hybridized carbons (Fsp3) is 0.524. The zero-order valence-electron chi connectivity index (χ0n) is 16.5. The summed E-state index contributed by atoms with van der Waals surface area (Å²) in [6, 6.07) is 5.43. The Kier molecular flexibility index (Phi) is 7.70. The number of carbonyl (C=O) groups is 2. The summed E-state index contributed by atoms with van der Waals surface area (Å²) in [6.45, 7) is 4.09. The highest BCUT2D eigenvalue weighted by Gasteiger charge is 2.28. The molecule has 6 nitrogen and oxygen atoms in total. The Morgan fingerprint density at radius 3 is 2.67 bits per heavy atom. The smallest absolute Gasteiger partial charge is 0.331 e. The van der Waals surface area contributed by atoms with Gasteiger partial charge in [0.15, 0.2) is 6.61 Å². The Bertz CT molecular complexity index is 685. The molecular weight excluding hydrogens is 346 g/mol. The molecule has 0 saturated heterocycles. The first-order chi connectivity index (χ1) is 12.9. The highest BCUT2D eigenvalue weighted by Crippen LogP contribution is 2.29. The summed E-state index contributed by atoms with van der Waals surface area (Å²) in [7, 11) is 3.11. The molecule has 1 amide bonds. The van der Waals surface area contributed by atoms with Gasteiger partial charge in [-0.25, -0.2) is 4.79 Å². The maximum Gasteiger partial charge on any atom is 0.331 e. The summed E-state index contributed by atoms with van der Waals surface area (Å²) >= 11 is 0. The van der Waals surface area contributed by atoms with Gasteiger partial charge in [-0.2, -0.15) is 0 Å². The summed E-state index contributed by atoms with van der Waals surface area (Å²) < 4.78 is 15.5. The molecule has 2 rings (SSSR count). The van der Waals surface area contributed by atoms with E-state index in [1.165, 1.54) is 12.5 Å². The Balaban J connectivity index is 1.83. The van der Waals surface area contributed by atoms with Gasteiger partial charge < -0.3 is 19.5 Å². The van der Waals surface area contributed by atoms with E-state index in [1.807, 2.05) is 0 Å². The van der Waals surface area contributed by atoms with E-state index in [0.717, 1.165) is 12.8 Å². The predicted octanol–water partition coefficient (Wildman–Crippen LogP) is 3.20. The molecule has 1 aromatic rings. The minimum Gasteiger partial charge on any atom is -0.497 e. The third kappa shape index (κ3) is 6.01. The number of amides is 1. The van der Waals surface area contributed by atoms with Crippen LogP contribution >= 0.6 is 0 Å². The summed E-state index contributed by atoms with van der Waals surface area (Å²) in [4.78, 5) is 24.0. The van der Waals surface area contributed by atoms with Crippen molar-refractivity contribution in [3.05, 3.63) is 29.8 Å². The van der Waals surface area contributed by atoms with E-state index in [0.29, 0.717) is 28.9 Å². The maximum atomic E-state index is 12.1. The number of ether oxygens (including phenoxy) is 3. The van der Waals surface area contributed by atoms with Crippen molar-refractivity contribution in [3.63, 3.8) is 0 Å². The van der Waals surface area contributed by atoms with E-state index in [-0.39, 0.29) is 18.6 Å². The third-order valence-corrected chi connectivity index (χ3v) is 5.24. The average Bonchev–Trinajstić information content (AvgIpc) is 2.68. The van der Waals surface area contributed by atoms with E-state index >= 15 is 0 Å². The van der Waals surface area contributed by atoms with E-state index < -0.39 is 5.97 Å². The predicted molar refractivity (Wildman–Crippen MR) is 104 cm³/mol. The second-order valence-corrected chi connectivity index (χ2v) is 6.99. The van der Waals surface area contributed by atoms with E-state index in [1.54, 1.807) is 38.5 Å². The first-order valence-corrected chi connectivity index (χ1v) is 9.30. The van der Waals surface area contributed by atoms with Gasteiger partial charge in [0.1, 0.15) is 11.5 Å². The van der Waals surface area contributed by atoms with Crippen molar-refractivity contribution >= 4 is 18.0 Å². The highest BCUT2D eigenvalue weighted by atomic mass is 16.5. The minimum absolute atomic E-state index is 0.152. The zero-order valence-corrected chi connectivity index (χ0v) is 16.5. The quantitative estimate of drug-likeness (QED) is 0.585. The number of carbonyl (C=O) groups excluding carboxylic acids is 2. The number of methoxy groups -OCH3 is 2. The summed E-state index contributed by atoms with van der Waals surface area (Å²) in [5.74, 6) is 1.43. The van der Waals surface area contributed by atoms with Crippen LogP contribution in [-0.2, 0) is 14.3 Å². The molecule has 1 fully saturated rings. The van der Waals surface area contributed by atoms with Crippen LogP contribution < -0.4 is 14.8 Å². The third-order valence-electron chi connectivity index (χ3n) is 5.24. The second kappa shape index (κ2) is 10.00. The van der Waals surface area contributed by atoms with Gasteiger partial charge in [0.05, 0.1) is 14.2 Å². The lowest BCUT2D eigenvalue weighted by Gasteiger charge is -2.34. The van der Waals surface area contributed by atoms with Crippen LogP contribution in [-0.4, -0.2) is 38.7 Å². The number of benzene rings is 1. The topological polar surface area (TPSA) is 73.9 Å². The SMILES string of the molecule is COc1ccc(/C=C/C(=O)OCC(=O)N[C@H]2CCC[C@H](C)[C@H]2C)c(OC)c1. The van der Waals surface area contributed by atoms with Crippen molar-refractivity contribution in [2.24, 2.45) is 11.8 Å². The molecule has 0 aromatic heterocycles. The maximum absolute atomic E-state index is 12.1. The molecule has 148 valence electrons. The van der Waals surface area contributed by atoms with Crippen molar-refractivity contribution < 1.29 is 23.8 Å². The van der Waals surface area contributed by atoms with Crippen LogP contribution in [0.15, 0.2) is 24.3 Å².